The number of azide groups is 1. The Kier molecular flexibility index (Phi) is 3.30. The number of hydrogen-bond acceptors (Lipinski definition) is 9. The van der Waals surface area contributed by atoms with Crippen LogP contribution in [0.4, 0.5) is 0 Å². The van der Waals surface area contributed by atoms with Gasteiger partial charge in [0.2, 0.25) is 5.96 Å². The summed E-state index contributed by atoms with van der Waals surface area (Å²) in [5.41, 5.74) is 12.2. The largest absolute Gasteiger partial charge is 0.393 e. The fourth-order valence-corrected chi connectivity index (χ4v) is 2.48. The van der Waals surface area contributed by atoms with Gasteiger partial charge in [-0.2, -0.15) is 9.98 Å². The smallest absolute Gasteiger partial charge is 0.281 e. The van der Waals surface area contributed by atoms with Gasteiger partial charge in [-0.25, -0.2) is 0 Å². The second-order valence-corrected chi connectivity index (χ2v) is 4.87. The number of aliphatic hydroxyl groups is 2. The van der Waals surface area contributed by atoms with Gasteiger partial charge in [0.15, 0.2) is 17.6 Å². The molecule has 22 heavy (non-hydrogen) atoms. The number of nitrogens with two attached hydrogens (primary N) is 1. The quantitative estimate of drug-likeness (QED) is 0.309. The molecule has 0 bridgehead atoms. The van der Waals surface area contributed by atoms with E-state index in [0.29, 0.717) is 0 Å². The van der Waals surface area contributed by atoms with Crippen molar-refractivity contribution in [2.75, 3.05) is 6.61 Å². The van der Waals surface area contributed by atoms with Gasteiger partial charge in [-0.3, -0.25) is 14.7 Å². The van der Waals surface area contributed by atoms with Crippen molar-refractivity contribution in [3.8, 4) is 0 Å². The molecule has 0 spiro atoms. The average molecular weight is 308 g/mol. The van der Waals surface area contributed by atoms with E-state index in [1.54, 1.807) is 0 Å². The Balaban J connectivity index is 1.88. The second kappa shape index (κ2) is 5.03. The number of hydrogen-bond donors (Lipinski definition) is 3. The summed E-state index contributed by atoms with van der Waals surface area (Å²) >= 11 is 0. The van der Waals surface area contributed by atoms with Gasteiger partial charge < -0.3 is 20.7 Å². The Labute approximate surface area is 123 Å². The highest BCUT2D eigenvalue weighted by Crippen LogP contribution is 2.35. The molecule has 1 amide bonds. The lowest BCUT2D eigenvalue weighted by Gasteiger charge is -2.28. The number of guanidine groups is 1. The number of aliphatic imine (C=N–C) groups is 3. The number of rotatable bonds is 3. The maximum atomic E-state index is 11.7. The summed E-state index contributed by atoms with van der Waals surface area (Å²) in [4.78, 5) is 27.1. The minimum Gasteiger partial charge on any atom is -0.393 e. The number of carbonyl (C=O) groups is 1. The Morgan fingerprint density at radius 2 is 2.41 bits per heavy atom. The number of amidine groups is 1. The number of nitrogens with zero attached hydrogens (tertiary/aromatic N) is 7. The van der Waals surface area contributed by atoms with E-state index in [0.717, 1.165) is 0 Å². The molecule has 4 atom stereocenters. The van der Waals surface area contributed by atoms with Crippen LogP contribution < -0.4 is 5.73 Å². The molecule has 3 aliphatic heterocycles. The van der Waals surface area contributed by atoms with Crippen molar-refractivity contribution in [1.29, 1.82) is 0 Å². The number of amides is 1. The fraction of sp³-hybridized carbons (Fsp3) is 0.600. The van der Waals surface area contributed by atoms with E-state index in [2.05, 4.69) is 25.0 Å². The predicted molar refractivity (Wildman–Crippen MR) is 72.6 cm³/mol. The number of fused-ring (bicyclic) bond motifs is 1. The SMILES string of the molecule is [N-]=[N+]=NC1(CO)O[C@@H](N2C=NC3C(=O)N=C(N)N=C32)C[C@@H]1O. The lowest BCUT2D eigenvalue weighted by Crippen LogP contribution is -2.46. The topological polar surface area (TPSA) is 182 Å². The molecule has 0 aromatic heterocycles. The molecule has 2 unspecified atom stereocenters. The normalized spacial score (nSPS) is 36.7. The van der Waals surface area contributed by atoms with E-state index in [1.165, 1.54) is 11.2 Å². The highest BCUT2D eigenvalue weighted by Gasteiger charge is 2.51. The summed E-state index contributed by atoms with van der Waals surface area (Å²) in [6, 6.07) is -0.906. The summed E-state index contributed by atoms with van der Waals surface area (Å²) in [7, 11) is 0. The predicted octanol–water partition coefficient (Wildman–Crippen LogP) is -1.94. The highest BCUT2D eigenvalue weighted by atomic mass is 16.6. The molecule has 0 aliphatic carbocycles. The Hall–Kier alpha value is -2.53. The highest BCUT2D eigenvalue weighted by molar-refractivity contribution is 6.21. The molecule has 12 nitrogen and oxygen atoms in total. The number of carbonyl (C=O) groups excluding carboxylic acids is 1. The van der Waals surface area contributed by atoms with E-state index >= 15 is 0 Å². The molecular formula is C10H12N8O4. The monoisotopic (exact) mass is 308 g/mol. The second-order valence-electron chi connectivity index (χ2n) is 4.87. The first-order chi connectivity index (χ1) is 10.5. The minimum atomic E-state index is -1.79. The molecule has 0 aromatic carbocycles. The van der Waals surface area contributed by atoms with Gasteiger partial charge in [0.05, 0.1) is 19.0 Å². The molecule has 3 rings (SSSR count). The third kappa shape index (κ3) is 2.02. The van der Waals surface area contributed by atoms with E-state index in [4.69, 9.17) is 16.0 Å². The van der Waals surface area contributed by atoms with E-state index in [1.807, 2.05) is 0 Å². The van der Waals surface area contributed by atoms with Gasteiger partial charge >= 0.3 is 0 Å². The van der Waals surface area contributed by atoms with Crippen LogP contribution in [0.15, 0.2) is 20.1 Å². The molecular weight excluding hydrogens is 296 g/mol. The zero-order valence-electron chi connectivity index (χ0n) is 11.1. The maximum Gasteiger partial charge on any atom is 0.281 e. The van der Waals surface area contributed by atoms with Crippen LogP contribution in [0.25, 0.3) is 10.4 Å². The molecule has 116 valence electrons. The molecule has 4 N–H and O–H groups in total. The molecule has 3 aliphatic rings. The van der Waals surface area contributed by atoms with Gasteiger partial charge in [0.25, 0.3) is 5.91 Å². The van der Waals surface area contributed by atoms with Crippen molar-refractivity contribution >= 4 is 24.0 Å². The summed E-state index contributed by atoms with van der Waals surface area (Å²) in [6.45, 7) is -0.696. The molecule has 0 saturated carbocycles. The summed E-state index contributed by atoms with van der Waals surface area (Å²) < 4.78 is 5.50. The summed E-state index contributed by atoms with van der Waals surface area (Å²) in [5.74, 6) is -0.540. The van der Waals surface area contributed by atoms with Crippen LogP contribution >= 0.6 is 0 Å². The van der Waals surface area contributed by atoms with Crippen molar-refractivity contribution in [2.24, 2.45) is 25.8 Å². The van der Waals surface area contributed by atoms with Crippen LogP contribution in [0, 0.1) is 0 Å². The Morgan fingerprint density at radius 3 is 3.09 bits per heavy atom. The molecule has 0 radical (unpaired) electrons. The average Bonchev–Trinajstić information content (AvgIpc) is 3.02. The standard InChI is InChI=1S/C10H12N8O4/c11-9-14-7-6(8(21)15-9)13-3-18(7)5-1-4(20)10(2-19,22-5)16-17-12/h3-6,19-20H,1-2H2,(H2,11,15,21)/t4-,5+,6?,10?/m0/s1. The third-order valence-electron chi connectivity index (χ3n) is 3.57. The first kappa shape index (κ1) is 14.4. The van der Waals surface area contributed by atoms with E-state index < -0.39 is 36.6 Å². The van der Waals surface area contributed by atoms with Crippen LogP contribution in [0.1, 0.15) is 6.42 Å². The number of aliphatic hydroxyl groups excluding tert-OH is 2. The van der Waals surface area contributed by atoms with Gasteiger partial charge in [0.1, 0.15) is 6.23 Å². The first-order valence-corrected chi connectivity index (χ1v) is 6.32. The van der Waals surface area contributed by atoms with Crippen LogP contribution in [0.2, 0.25) is 0 Å². The van der Waals surface area contributed by atoms with Crippen molar-refractivity contribution in [2.45, 2.75) is 30.5 Å². The van der Waals surface area contributed by atoms with Crippen LogP contribution in [0.5, 0.6) is 0 Å². The zero-order chi connectivity index (χ0) is 15.9. The Morgan fingerprint density at radius 1 is 1.64 bits per heavy atom. The van der Waals surface area contributed by atoms with E-state index in [-0.39, 0.29) is 18.2 Å². The van der Waals surface area contributed by atoms with Crippen molar-refractivity contribution in [3.05, 3.63) is 10.4 Å². The van der Waals surface area contributed by atoms with Crippen LogP contribution in [-0.4, -0.2) is 69.9 Å². The van der Waals surface area contributed by atoms with Gasteiger partial charge in [-0.15, -0.1) is 0 Å². The lowest BCUT2D eigenvalue weighted by atomic mass is 10.1. The fourth-order valence-electron chi connectivity index (χ4n) is 2.48. The molecule has 1 fully saturated rings. The van der Waals surface area contributed by atoms with E-state index in [9.17, 15) is 15.0 Å². The molecule has 3 heterocycles. The maximum absolute atomic E-state index is 11.7. The van der Waals surface area contributed by atoms with Crippen molar-refractivity contribution < 1.29 is 19.7 Å². The third-order valence-corrected chi connectivity index (χ3v) is 3.57. The first-order valence-electron chi connectivity index (χ1n) is 6.32. The van der Waals surface area contributed by atoms with Crippen LogP contribution in [-0.2, 0) is 9.53 Å². The molecule has 0 aromatic rings. The van der Waals surface area contributed by atoms with Crippen molar-refractivity contribution in [1.82, 2.24) is 4.90 Å². The van der Waals surface area contributed by atoms with Crippen molar-refractivity contribution in [3.63, 3.8) is 0 Å². The Bertz CT molecular complexity index is 653. The van der Waals surface area contributed by atoms with Gasteiger partial charge in [0, 0.05) is 11.3 Å². The zero-order valence-corrected chi connectivity index (χ0v) is 11.1. The number of ether oxygens (including phenoxy) is 1. The minimum absolute atomic E-state index is 0.0164. The van der Waals surface area contributed by atoms with Gasteiger partial charge in [-0.05, 0) is 5.53 Å². The van der Waals surface area contributed by atoms with Crippen LogP contribution in [0.3, 0.4) is 0 Å². The molecule has 12 heteroatoms. The molecule has 1 saturated heterocycles. The summed E-state index contributed by atoms with van der Waals surface area (Å²) in [6.07, 6.45) is -0.713. The lowest BCUT2D eigenvalue weighted by molar-refractivity contribution is -0.122. The summed E-state index contributed by atoms with van der Waals surface area (Å²) in [5, 5.41) is 22.7. The van der Waals surface area contributed by atoms with Gasteiger partial charge in [-0.1, -0.05) is 5.11 Å².